The van der Waals surface area contributed by atoms with Crippen molar-refractivity contribution in [1.29, 1.82) is 0 Å². The maximum absolute atomic E-state index is 12.2. The van der Waals surface area contributed by atoms with Crippen LogP contribution in [0.25, 0.3) is 0 Å². The van der Waals surface area contributed by atoms with Crippen LogP contribution in [0.15, 0.2) is 0 Å². The Kier molecular flexibility index (Phi) is 15.4. The molecule has 43 heavy (non-hydrogen) atoms. The summed E-state index contributed by atoms with van der Waals surface area (Å²) in [5, 5.41) is 10.5. The lowest BCUT2D eigenvalue weighted by Crippen LogP contribution is -2.41. The van der Waals surface area contributed by atoms with Gasteiger partial charge >= 0.3 is 0 Å². The van der Waals surface area contributed by atoms with Gasteiger partial charge in [0, 0.05) is 12.3 Å². The van der Waals surface area contributed by atoms with Gasteiger partial charge in [-0.15, -0.1) is 23.2 Å². The Morgan fingerprint density at radius 2 is 1.23 bits per heavy atom. The number of ketones is 1. The molecule has 0 amide bonds. The number of hydrogen-bond donors (Lipinski definition) is 1. The van der Waals surface area contributed by atoms with Crippen molar-refractivity contribution < 1.29 is 9.90 Å². The highest BCUT2D eigenvalue weighted by Gasteiger charge is 2.53. The monoisotopic (exact) mass is 642 g/mol. The molecule has 1 N–H and O–H groups in total. The summed E-state index contributed by atoms with van der Waals surface area (Å²) in [6.07, 6.45) is 20.1. The highest BCUT2D eigenvalue weighted by Crippen LogP contribution is 2.59. The Morgan fingerprint density at radius 1 is 0.767 bits per heavy atom. The van der Waals surface area contributed by atoms with Gasteiger partial charge in [0.15, 0.2) is 0 Å². The summed E-state index contributed by atoms with van der Waals surface area (Å²) in [5.41, 5.74) is 1.70. The molecule has 9 atom stereocenters. The van der Waals surface area contributed by atoms with Gasteiger partial charge in [-0.1, -0.05) is 101 Å². The van der Waals surface area contributed by atoms with E-state index in [9.17, 15) is 9.90 Å². The summed E-state index contributed by atoms with van der Waals surface area (Å²) in [6.45, 7) is 23.9. The predicted octanol–water partition coefficient (Wildman–Crippen LogP) is 12.5. The fourth-order valence-corrected chi connectivity index (χ4v) is 10.3. The number of rotatable bonds is 8. The van der Waals surface area contributed by atoms with Crippen molar-refractivity contribution >= 4 is 29.0 Å². The molecule has 0 heterocycles. The Morgan fingerprint density at radius 3 is 1.74 bits per heavy atom. The Hall–Kier alpha value is 0.210. The molecule has 0 unspecified atom stereocenters. The number of fused-ring (bicyclic) bond motifs is 2. The Labute approximate surface area is 278 Å². The second-order valence-electron chi connectivity index (χ2n) is 18.3. The van der Waals surface area contributed by atoms with Gasteiger partial charge in [0.2, 0.25) is 0 Å². The number of alkyl halides is 2. The fraction of sp³-hybridized carbons (Fsp3) is 0.974. The number of hydrogen-bond acceptors (Lipinski definition) is 2. The van der Waals surface area contributed by atoms with Crippen molar-refractivity contribution in [2.24, 2.45) is 57.2 Å². The zero-order valence-electron chi connectivity index (χ0n) is 30.2. The zero-order valence-corrected chi connectivity index (χ0v) is 31.7. The molecule has 4 rings (SSSR count). The molecule has 0 aromatic heterocycles. The third-order valence-electron chi connectivity index (χ3n) is 12.6. The first-order chi connectivity index (χ1) is 19.9. The Balaban J connectivity index is 0.000000275. The van der Waals surface area contributed by atoms with Crippen LogP contribution in [-0.4, -0.2) is 22.3 Å². The van der Waals surface area contributed by atoms with Crippen molar-refractivity contribution in [3.63, 3.8) is 0 Å². The van der Waals surface area contributed by atoms with Crippen molar-refractivity contribution in [2.45, 2.75) is 178 Å². The van der Waals surface area contributed by atoms with Crippen molar-refractivity contribution in [2.75, 3.05) is 5.34 Å². The number of Topliss-reactive ketones (excluding diaryl/α,β-unsaturated/α-hetero) is 1. The molecule has 0 saturated heterocycles. The van der Waals surface area contributed by atoms with Crippen LogP contribution in [0.3, 0.4) is 0 Å². The number of aliphatic hydroxyl groups is 1. The zero-order chi connectivity index (χ0) is 32.6. The molecule has 4 saturated carbocycles. The second kappa shape index (κ2) is 16.9. The van der Waals surface area contributed by atoms with E-state index in [0.29, 0.717) is 39.3 Å². The summed E-state index contributed by atoms with van der Waals surface area (Å²) >= 11 is 9.53. The average molecular weight is 644 g/mol. The fourth-order valence-electron chi connectivity index (χ4n) is 10.3. The Bertz CT molecular complexity index is 828. The molecule has 4 aliphatic rings. The third kappa shape index (κ3) is 11.2. The van der Waals surface area contributed by atoms with Gasteiger partial charge in [0.05, 0.1) is 11.4 Å². The summed E-state index contributed by atoms with van der Waals surface area (Å²) in [4.78, 5) is 12.2. The van der Waals surface area contributed by atoms with Crippen LogP contribution in [0.1, 0.15) is 172 Å². The molecule has 0 aromatic carbocycles. The van der Waals surface area contributed by atoms with Crippen molar-refractivity contribution in [1.82, 2.24) is 0 Å². The van der Waals surface area contributed by atoms with Crippen molar-refractivity contribution in [3.8, 4) is 0 Å². The first-order valence-electron chi connectivity index (χ1n) is 18.2. The summed E-state index contributed by atoms with van der Waals surface area (Å²) in [5.74, 6) is 4.82. The van der Waals surface area contributed by atoms with Gasteiger partial charge < -0.3 is 5.11 Å². The highest BCUT2D eigenvalue weighted by atomic mass is 35.5. The first kappa shape index (κ1) is 39.4. The van der Waals surface area contributed by atoms with E-state index in [1.54, 1.807) is 0 Å². The molecule has 254 valence electrons. The van der Waals surface area contributed by atoms with Gasteiger partial charge in [-0.2, -0.15) is 0 Å². The lowest BCUT2D eigenvalue weighted by Gasteiger charge is -2.45. The first-order valence-corrected chi connectivity index (χ1v) is 19.3. The second-order valence-corrected chi connectivity index (χ2v) is 19.1. The number of carbonyl (C=O) groups excluding carboxylic acids is 1. The van der Waals surface area contributed by atoms with Gasteiger partial charge in [-0.05, 0) is 115 Å². The minimum absolute atomic E-state index is 0.0134. The maximum Gasteiger partial charge on any atom is 0.136 e. The number of aliphatic hydroxyl groups excluding tert-OH is 1. The minimum Gasteiger partial charge on any atom is -0.393 e. The van der Waals surface area contributed by atoms with E-state index in [0.717, 1.165) is 42.9 Å². The quantitative estimate of drug-likeness (QED) is 0.267. The molecule has 2 nitrogen and oxygen atoms in total. The standard InChI is InChI=1S/C19H36O.C19H34O.CH2Cl2/c2*1-14(8-6-12-18(2,3)4)15-10-11-16-17(20)9-7-13-19(15,16)5;2-1-3/h14-17,20H,6-13H2,1-5H3;14-16H,6-13H2,1-5H3;1H2/t14-,15-,16+,17+,19-;14-,15-,16+,19-;/m11./s1. The van der Waals surface area contributed by atoms with Crippen LogP contribution in [0.4, 0.5) is 0 Å². The summed E-state index contributed by atoms with van der Waals surface area (Å²) in [7, 11) is 0. The van der Waals surface area contributed by atoms with Crippen LogP contribution < -0.4 is 0 Å². The topological polar surface area (TPSA) is 37.3 Å². The third-order valence-corrected chi connectivity index (χ3v) is 12.6. The van der Waals surface area contributed by atoms with E-state index in [1.807, 2.05) is 0 Å². The largest absolute Gasteiger partial charge is 0.393 e. The van der Waals surface area contributed by atoms with Gasteiger partial charge in [0.1, 0.15) is 5.78 Å². The van der Waals surface area contributed by atoms with E-state index in [-0.39, 0.29) is 11.4 Å². The van der Waals surface area contributed by atoms with Crippen LogP contribution >= 0.6 is 23.2 Å². The molecule has 0 radical (unpaired) electrons. The van der Waals surface area contributed by atoms with Crippen molar-refractivity contribution in [3.05, 3.63) is 0 Å². The SMILES string of the molecule is C[C@H](CCCC(C)(C)C)[C@H]1CC[C@H]2C(=O)CCC[C@]12C.C[C@H](CCCC(C)(C)C)[C@H]1CC[C@H]2[C@@H](O)CCC[C@]12C.ClCCl. The average Bonchev–Trinajstić information content (AvgIpc) is 3.42. The lowest BCUT2D eigenvalue weighted by atomic mass is 9.61. The lowest BCUT2D eigenvalue weighted by molar-refractivity contribution is -0.130. The van der Waals surface area contributed by atoms with Crippen LogP contribution in [-0.2, 0) is 4.79 Å². The van der Waals surface area contributed by atoms with E-state index in [1.165, 1.54) is 83.5 Å². The maximum atomic E-state index is 12.2. The summed E-state index contributed by atoms with van der Waals surface area (Å²) < 4.78 is 0. The minimum atomic E-state index is -0.0134. The van der Waals surface area contributed by atoms with E-state index < -0.39 is 0 Å². The van der Waals surface area contributed by atoms with Gasteiger partial charge in [-0.3, -0.25) is 4.79 Å². The smallest absolute Gasteiger partial charge is 0.136 e. The molecule has 4 fully saturated rings. The molecule has 0 spiro atoms. The predicted molar refractivity (Wildman–Crippen MR) is 189 cm³/mol. The summed E-state index contributed by atoms with van der Waals surface area (Å²) in [6, 6.07) is 0. The van der Waals surface area contributed by atoms with Gasteiger partial charge in [-0.25, -0.2) is 0 Å². The van der Waals surface area contributed by atoms with E-state index in [2.05, 4.69) is 69.2 Å². The van der Waals surface area contributed by atoms with Crippen LogP contribution in [0, 0.1) is 57.2 Å². The molecular formula is C39H72Cl2O2. The molecule has 0 bridgehead atoms. The number of halogens is 2. The number of carbonyl (C=O) groups is 1. The normalized spacial score (nSPS) is 35.6. The van der Waals surface area contributed by atoms with E-state index >= 15 is 0 Å². The molecule has 0 aromatic rings. The highest BCUT2D eigenvalue weighted by molar-refractivity contribution is 6.40. The molecule has 0 aliphatic heterocycles. The molecular weight excluding hydrogens is 571 g/mol. The molecule has 4 aliphatic carbocycles. The van der Waals surface area contributed by atoms with Gasteiger partial charge in [0.25, 0.3) is 0 Å². The molecule has 4 heteroatoms. The van der Waals surface area contributed by atoms with Crippen LogP contribution in [0.2, 0.25) is 0 Å². The van der Waals surface area contributed by atoms with E-state index in [4.69, 9.17) is 23.2 Å². The van der Waals surface area contributed by atoms with Crippen LogP contribution in [0.5, 0.6) is 0 Å².